The van der Waals surface area contributed by atoms with E-state index in [1.165, 1.54) is 12.1 Å². The molecule has 0 amide bonds. The Balaban J connectivity index is 1.78. The van der Waals surface area contributed by atoms with Gasteiger partial charge in [-0.1, -0.05) is 18.2 Å². The SMILES string of the molecule is Nc1cccc(OCC(=O)OCc2cccc(F)c2)c1. The molecule has 0 heterocycles. The summed E-state index contributed by atoms with van der Waals surface area (Å²) in [5, 5.41) is 0. The van der Waals surface area contributed by atoms with Crippen LogP contribution in [0.15, 0.2) is 48.5 Å². The van der Waals surface area contributed by atoms with Crippen molar-refractivity contribution in [3.63, 3.8) is 0 Å². The number of hydrogen-bond acceptors (Lipinski definition) is 4. The first-order chi connectivity index (χ1) is 9.63. The van der Waals surface area contributed by atoms with Crippen LogP contribution in [0.25, 0.3) is 0 Å². The van der Waals surface area contributed by atoms with Crippen molar-refractivity contribution in [2.75, 3.05) is 12.3 Å². The van der Waals surface area contributed by atoms with E-state index in [-0.39, 0.29) is 19.0 Å². The lowest BCUT2D eigenvalue weighted by atomic mass is 10.2. The minimum Gasteiger partial charge on any atom is -0.482 e. The molecule has 2 aromatic carbocycles. The maximum absolute atomic E-state index is 12.9. The van der Waals surface area contributed by atoms with Crippen LogP contribution in [-0.4, -0.2) is 12.6 Å². The highest BCUT2D eigenvalue weighted by atomic mass is 19.1. The van der Waals surface area contributed by atoms with Crippen LogP contribution in [0.1, 0.15) is 5.56 Å². The predicted octanol–water partition coefficient (Wildman–Crippen LogP) is 2.53. The second-order valence-electron chi connectivity index (χ2n) is 4.15. The summed E-state index contributed by atoms with van der Waals surface area (Å²) in [5.41, 5.74) is 6.72. The molecular formula is C15H14FNO3. The van der Waals surface area contributed by atoms with E-state index in [9.17, 15) is 9.18 Å². The van der Waals surface area contributed by atoms with Crippen LogP contribution in [0.2, 0.25) is 0 Å². The first kappa shape index (κ1) is 13.9. The smallest absolute Gasteiger partial charge is 0.344 e. The second kappa shape index (κ2) is 6.56. The van der Waals surface area contributed by atoms with Gasteiger partial charge >= 0.3 is 5.97 Å². The van der Waals surface area contributed by atoms with Crippen LogP contribution in [0.5, 0.6) is 5.75 Å². The van der Waals surface area contributed by atoms with E-state index < -0.39 is 5.97 Å². The van der Waals surface area contributed by atoms with Gasteiger partial charge in [0.2, 0.25) is 0 Å². The summed E-state index contributed by atoms with van der Waals surface area (Å²) in [6.07, 6.45) is 0. The van der Waals surface area contributed by atoms with E-state index in [0.717, 1.165) is 0 Å². The summed E-state index contributed by atoms with van der Waals surface area (Å²) >= 11 is 0. The molecule has 5 heteroatoms. The molecule has 0 saturated carbocycles. The molecule has 0 fully saturated rings. The first-order valence-corrected chi connectivity index (χ1v) is 6.02. The van der Waals surface area contributed by atoms with E-state index in [0.29, 0.717) is 17.0 Å². The average molecular weight is 275 g/mol. The molecule has 104 valence electrons. The molecule has 20 heavy (non-hydrogen) atoms. The predicted molar refractivity (Wildman–Crippen MR) is 72.5 cm³/mol. The molecule has 0 unspecified atom stereocenters. The van der Waals surface area contributed by atoms with Crippen LogP contribution >= 0.6 is 0 Å². The Labute approximate surface area is 115 Å². The zero-order chi connectivity index (χ0) is 14.4. The van der Waals surface area contributed by atoms with Gasteiger partial charge in [-0.3, -0.25) is 0 Å². The maximum atomic E-state index is 12.9. The highest BCUT2D eigenvalue weighted by Gasteiger charge is 2.05. The fraction of sp³-hybridized carbons (Fsp3) is 0.133. The number of carbonyl (C=O) groups is 1. The molecule has 0 aliphatic carbocycles. The van der Waals surface area contributed by atoms with Gasteiger partial charge in [0.1, 0.15) is 18.2 Å². The number of nitrogen functional groups attached to an aromatic ring is 1. The van der Waals surface area contributed by atoms with Crippen LogP contribution in [-0.2, 0) is 16.1 Å². The number of anilines is 1. The summed E-state index contributed by atoms with van der Waals surface area (Å²) in [4.78, 5) is 11.5. The molecule has 0 aliphatic rings. The lowest BCUT2D eigenvalue weighted by Gasteiger charge is -2.07. The summed E-state index contributed by atoms with van der Waals surface area (Å²) in [7, 11) is 0. The number of nitrogens with two attached hydrogens (primary N) is 1. The third kappa shape index (κ3) is 4.28. The third-order valence-electron chi connectivity index (χ3n) is 2.50. The molecule has 4 nitrogen and oxygen atoms in total. The number of carbonyl (C=O) groups excluding carboxylic acids is 1. The molecule has 2 rings (SSSR count). The molecule has 2 aromatic rings. The number of hydrogen-bond donors (Lipinski definition) is 1. The Hall–Kier alpha value is -2.56. The highest BCUT2D eigenvalue weighted by Crippen LogP contribution is 2.14. The minimum absolute atomic E-state index is 0.0108. The molecule has 0 saturated heterocycles. The van der Waals surface area contributed by atoms with Crippen molar-refractivity contribution in [3.05, 3.63) is 59.9 Å². The Morgan fingerprint density at radius 2 is 1.95 bits per heavy atom. The van der Waals surface area contributed by atoms with E-state index in [4.69, 9.17) is 15.2 Å². The van der Waals surface area contributed by atoms with Crippen LogP contribution < -0.4 is 10.5 Å². The second-order valence-corrected chi connectivity index (χ2v) is 4.15. The first-order valence-electron chi connectivity index (χ1n) is 6.02. The van der Waals surface area contributed by atoms with Gasteiger partial charge in [-0.2, -0.15) is 0 Å². The number of benzene rings is 2. The van der Waals surface area contributed by atoms with Gasteiger partial charge in [-0.15, -0.1) is 0 Å². The fourth-order valence-electron chi connectivity index (χ4n) is 1.58. The quantitative estimate of drug-likeness (QED) is 0.673. The number of esters is 1. The molecule has 0 aromatic heterocycles. The van der Waals surface area contributed by atoms with Gasteiger partial charge in [0, 0.05) is 11.8 Å². The van der Waals surface area contributed by atoms with Gasteiger partial charge < -0.3 is 15.2 Å². The van der Waals surface area contributed by atoms with E-state index >= 15 is 0 Å². The van der Waals surface area contributed by atoms with Gasteiger partial charge in [0.25, 0.3) is 0 Å². The van der Waals surface area contributed by atoms with E-state index in [1.54, 1.807) is 36.4 Å². The van der Waals surface area contributed by atoms with Gasteiger partial charge in [-0.25, -0.2) is 9.18 Å². The third-order valence-corrected chi connectivity index (χ3v) is 2.50. The summed E-state index contributed by atoms with van der Waals surface area (Å²) in [6, 6.07) is 12.6. The van der Waals surface area contributed by atoms with Crippen molar-refractivity contribution in [1.82, 2.24) is 0 Å². The Morgan fingerprint density at radius 3 is 2.70 bits per heavy atom. The van der Waals surface area contributed by atoms with Crippen LogP contribution in [0, 0.1) is 5.82 Å². The van der Waals surface area contributed by atoms with Gasteiger partial charge in [0.05, 0.1) is 0 Å². The van der Waals surface area contributed by atoms with Crippen LogP contribution in [0.4, 0.5) is 10.1 Å². The molecule has 0 radical (unpaired) electrons. The highest BCUT2D eigenvalue weighted by molar-refractivity contribution is 5.71. The molecular weight excluding hydrogens is 261 g/mol. The van der Waals surface area contributed by atoms with Crippen molar-refractivity contribution in [2.24, 2.45) is 0 Å². The van der Waals surface area contributed by atoms with E-state index in [2.05, 4.69) is 0 Å². The Morgan fingerprint density at radius 1 is 1.15 bits per heavy atom. The van der Waals surface area contributed by atoms with E-state index in [1.807, 2.05) is 0 Å². The molecule has 0 aliphatic heterocycles. The fourth-order valence-corrected chi connectivity index (χ4v) is 1.58. The van der Waals surface area contributed by atoms with Crippen molar-refractivity contribution >= 4 is 11.7 Å². The van der Waals surface area contributed by atoms with Crippen molar-refractivity contribution in [1.29, 1.82) is 0 Å². The monoisotopic (exact) mass is 275 g/mol. The topological polar surface area (TPSA) is 61.5 Å². The van der Waals surface area contributed by atoms with Crippen molar-refractivity contribution in [3.8, 4) is 5.75 Å². The van der Waals surface area contributed by atoms with Gasteiger partial charge in [0.15, 0.2) is 6.61 Å². The lowest BCUT2D eigenvalue weighted by molar-refractivity contribution is -0.147. The Kier molecular flexibility index (Phi) is 4.55. The minimum atomic E-state index is -0.531. The molecule has 2 N–H and O–H groups in total. The Bertz CT molecular complexity index is 550. The van der Waals surface area contributed by atoms with Crippen LogP contribution in [0.3, 0.4) is 0 Å². The largest absolute Gasteiger partial charge is 0.482 e. The zero-order valence-corrected chi connectivity index (χ0v) is 10.7. The summed E-state index contributed by atoms with van der Waals surface area (Å²) < 4.78 is 23.1. The zero-order valence-electron chi connectivity index (χ0n) is 10.7. The van der Waals surface area contributed by atoms with Gasteiger partial charge in [-0.05, 0) is 29.8 Å². The number of halogens is 1. The normalized spacial score (nSPS) is 10.1. The lowest BCUT2D eigenvalue weighted by Crippen LogP contribution is -2.14. The summed E-state index contributed by atoms with van der Waals surface area (Å²) in [5.74, 6) is -0.404. The molecule has 0 spiro atoms. The maximum Gasteiger partial charge on any atom is 0.344 e. The van der Waals surface area contributed by atoms with Crippen molar-refractivity contribution in [2.45, 2.75) is 6.61 Å². The number of rotatable bonds is 5. The molecule has 0 bridgehead atoms. The van der Waals surface area contributed by atoms with Crippen molar-refractivity contribution < 1.29 is 18.7 Å². The standard InChI is InChI=1S/C15H14FNO3/c16-12-4-1-3-11(7-12)9-20-15(18)10-19-14-6-2-5-13(17)8-14/h1-8H,9-10,17H2. The number of ether oxygens (including phenoxy) is 2. The summed E-state index contributed by atoms with van der Waals surface area (Å²) in [6.45, 7) is -0.213. The average Bonchev–Trinajstić information content (AvgIpc) is 2.43. The molecule has 0 atom stereocenters.